The number of carbonyl (C=O) groups is 3. The zero-order valence-corrected chi connectivity index (χ0v) is 20.6. The van der Waals surface area contributed by atoms with Crippen molar-refractivity contribution in [3.05, 3.63) is 42.1 Å². The molecule has 0 aliphatic heterocycles. The fourth-order valence-electron chi connectivity index (χ4n) is 2.66. The number of carbonyl (C=O) groups excluding carboxylic acids is 3. The molecule has 34 heavy (non-hydrogen) atoms. The van der Waals surface area contributed by atoms with E-state index in [1.54, 1.807) is 71.9 Å². The molecule has 3 amide bonds. The van der Waals surface area contributed by atoms with Gasteiger partial charge in [-0.3, -0.25) is 15.4 Å². The van der Waals surface area contributed by atoms with Crippen molar-refractivity contribution < 1.29 is 23.9 Å². The van der Waals surface area contributed by atoms with E-state index in [-0.39, 0.29) is 5.91 Å². The molecule has 0 saturated carbocycles. The first-order chi connectivity index (χ1) is 15.8. The number of anilines is 3. The summed E-state index contributed by atoms with van der Waals surface area (Å²) in [7, 11) is 0. The Morgan fingerprint density at radius 3 is 2.09 bits per heavy atom. The highest BCUT2D eigenvalue weighted by Gasteiger charge is 2.18. The fraction of sp³-hybridized carbons (Fsp3) is 0.348. The van der Waals surface area contributed by atoms with Crippen LogP contribution >= 0.6 is 11.3 Å². The molecule has 10 nitrogen and oxygen atoms in total. The van der Waals surface area contributed by atoms with Gasteiger partial charge < -0.3 is 14.8 Å². The lowest BCUT2D eigenvalue weighted by molar-refractivity contribution is 0.0624. The molecule has 2 heterocycles. The molecule has 1 aromatic carbocycles. The number of ether oxygens (including phenoxy) is 2. The van der Waals surface area contributed by atoms with Gasteiger partial charge in [-0.05, 0) is 71.9 Å². The van der Waals surface area contributed by atoms with Crippen LogP contribution in [0.5, 0.6) is 0 Å². The molecule has 0 bridgehead atoms. The van der Waals surface area contributed by atoms with Crippen LogP contribution in [0.1, 0.15) is 51.9 Å². The Balaban J connectivity index is 1.63. The van der Waals surface area contributed by atoms with Crippen molar-refractivity contribution in [2.24, 2.45) is 0 Å². The number of hydrogen-bond acceptors (Lipinski definition) is 8. The molecule has 180 valence electrons. The van der Waals surface area contributed by atoms with E-state index in [2.05, 4.69) is 25.9 Å². The first-order valence-electron chi connectivity index (χ1n) is 10.5. The zero-order chi connectivity index (χ0) is 25.1. The highest BCUT2D eigenvalue weighted by atomic mass is 32.1. The molecule has 3 aromatic rings. The molecular formula is C23H27N5O5S. The number of amides is 3. The standard InChI is InChI=1S/C23H27N5O5S/c1-22(2,3)32-20(30)27-17-10-8-14(12-24-17)25-18(29)13-7-9-15-16(11-13)34-19(26-15)28-21(31)33-23(4,5)6/h7-12H,1-6H3,(H,25,29)(H,24,27,30)(H,26,28,31). The van der Waals surface area contributed by atoms with Gasteiger partial charge in [0.05, 0.1) is 22.1 Å². The Bertz CT molecular complexity index is 1210. The first-order valence-corrected chi connectivity index (χ1v) is 11.3. The average molecular weight is 486 g/mol. The van der Waals surface area contributed by atoms with Crippen molar-refractivity contribution in [3.63, 3.8) is 0 Å². The molecule has 0 atom stereocenters. The molecule has 0 aliphatic rings. The zero-order valence-electron chi connectivity index (χ0n) is 19.8. The van der Waals surface area contributed by atoms with Gasteiger partial charge in [0.2, 0.25) is 0 Å². The van der Waals surface area contributed by atoms with Crippen molar-refractivity contribution in [2.75, 3.05) is 16.0 Å². The maximum absolute atomic E-state index is 12.7. The van der Waals surface area contributed by atoms with E-state index in [1.807, 2.05) is 0 Å². The van der Waals surface area contributed by atoms with Crippen molar-refractivity contribution >= 4 is 56.3 Å². The SMILES string of the molecule is CC(C)(C)OC(=O)Nc1ccc(NC(=O)c2ccc3nc(NC(=O)OC(C)(C)C)sc3c2)cn1. The summed E-state index contributed by atoms with van der Waals surface area (Å²) in [6.07, 6.45) is 0.218. The number of pyridine rings is 1. The largest absolute Gasteiger partial charge is 0.444 e. The molecule has 0 unspecified atom stereocenters. The molecule has 0 saturated heterocycles. The monoisotopic (exact) mass is 485 g/mol. The Hall–Kier alpha value is -3.73. The van der Waals surface area contributed by atoms with E-state index in [0.29, 0.717) is 27.7 Å². The van der Waals surface area contributed by atoms with Crippen LogP contribution < -0.4 is 16.0 Å². The third kappa shape index (κ3) is 7.41. The number of rotatable bonds is 4. The van der Waals surface area contributed by atoms with Crippen LogP contribution in [0.25, 0.3) is 10.2 Å². The number of hydrogen-bond donors (Lipinski definition) is 3. The highest BCUT2D eigenvalue weighted by molar-refractivity contribution is 7.22. The van der Waals surface area contributed by atoms with Crippen LogP contribution in [-0.4, -0.2) is 39.3 Å². The maximum atomic E-state index is 12.7. The summed E-state index contributed by atoms with van der Waals surface area (Å²) in [4.78, 5) is 44.9. The smallest absolute Gasteiger partial charge is 0.413 e. The Kier molecular flexibility index (Phi) is 7.06. The number of thiazole rings is 1. The molecule has 0 aliphatic carbocycles. The second-order valence-electron chi connectivity index (χ2n) is 9.34. The summed E-state index contributed by atoms with van der Waals surface area (Å²) < 4.78 is 11.1. The van der Waals surface area contributed by atoms with E-state index >= 15 is 0 Å². The third-order valence-electron chi connectivity index (χ3n) is 3.91. The minimum absolute atomic E-state index is 0.295. The Labute approximate surface area is 201 Å². The quantitative estimate of drug-likeness (QED) is 0.436. The normalized spacial score (nSPS) is 11.6. The molecular weight excluding hydrogens is 458 g/mol. The second kappa shape index (κ2) is 9.64. The highest BCUT2D eigenvalue weighted by Crippen LogP contribution is 2.27. The predicted molar refractivity (Wildman–Crippen MR) is 132 cm³/mol. The van der Waals surface area contributed by atoms with Gasteiger partial charge in [-0.15, -0.1) is 0 Å². The van der Waals surface area contributed by atoms with Gasteiger partial charge in [-0.1, -0.05) is 11.3 Å². The van der Waals surface area contributed by atoms with E-state index in [0.717, 1.165) is 4.70 Å². The third-order valence-corrected chi connectivity index (χ3v) is 4.84. The number of nitrogens with one attached hydrogen (secondary N) is 3. The molecule has 3 N–H and O–H groups in total. The maximum Gasteiger partial charge on any atom is 0.413 e. The van der Waals surface area contributed by atoms with Crippen LogP contribution in [-0.2, 0) is 9.47 Å². The second-order valence-corrected chi connectivity index (χ2v) is 10.4. The molecule has 2 aromatic heterocycles. The molecule has 3 rings (SSSR count). The van der Waals surface area contributed by atoms with Crippen LogP contribution in [0.15, 0.2) is 36.5 Å². The van der Waals surface area contributed by atoms with Gasteiger partial charge in [0.1, 0.15) is 17.0 Å². The van der Waals surface area contributed by atoms with Crippen LogP contribution in [0.2, 0.25) is 0 Å². The predicted octanol–water partition coefficient (Wildman–Crippen LogP) is 5.64. The van der Waals surface area contributed by atoms with Gasteiger partial charge in [-0.25, -0.2) is 19.6 Å². The molecule has 0 spiro atoms. The van der Waals surface area contributed by atoms with Gasteiger partial charge in [0.15, 0.2) is 5.13 Å². The summed E-state index contributed by atoms with van der Waals surface area (Å²) in [6.45, 7) is 10.6. The summed E-state index contributed by atoms with van der Waals surface area (Å²) in [5, 5.41) is 8.27. The van der Waals surface area contributed by atoms with Crippen LogP contribution in [0.3, 0.4) is 0 Å². The fourth-order valence-corrected chi connectivity index (χ4v) is 3.55. The lowest BCUT2D eigenvalue weighted by atomic mass is 10.2. The topological polar surface area (TPSA) is 132 Å². The number of benzene rings is 1. The lowest BCUT2D eigenvalue weighted by Crippen LogP contribution is -2.27. The van der Waals surface area contributed by atoms with E-state index in [1.165, 1.54) is 17.5 Å². The summed E-state index contributed by atoms with van der Waals surface area (Å²) in [6, 6.07) is 8.20. The Morgan fingerprint density at radius 2 is 1.50 bits per heavy atom. The van der Waals surface area contributed by atoms with Crippen LogP contribution in [0.4, 0.5) is 26.2 Å². The van der Waals surface area contributed by atoms with Crippen molar-refractivity contribution in [3.8, 4) is 0 Å². The number of aromatic nitrogens is 2. The van der Waals surface area contributed by atoms with Gasteiger partial charge >= 0.3 is 12.2 Å². The lowest BCUT2D eigenvalue weighted by Gasteiger charge is -2.19. The van der Waals surface area contributed by atoms with Crippen LogP contribution in [0, 0.1) is 0 Å². The van der Waals surface area contributed by atoms with Gasteiger partial charge in [0, 0.05) is 5.56 Å². The molecule has 0 radical (unpaired) electrons. The summed E-state index contributed by atoms with van der Waals surface area (Å²) in [5.74, 6) is -0.0463. The number of nitrogens with zero attached hydrogens (tertiary/aromatic N) is 2. The van der Waals surface area contributed by atoms with Crippen molar-refractivity contribution in [1.82, 2.24) is 9.97 Å². The summed E-state index contributed by atoms with van der Waals surface area (Å²) >= 11 is 1.23. The summed E-state index contributed by atoms with van der Waals surface area (Å²) in [5.41, 5.74) is 0.272. The van der Waals surface area contributed by atoms with E-state index < -0.39 is 23.4 Å². The van der Waals surface area contributed by atoms with E-state index in [9.17, 15) is 14.4 Å². The average Bonchev–Trinajstić information content (AvgIpc) is 3.07. The van der Waals surface area contributed by atoms with Gasteiger partial charge in [0.25, 0.3) is 5.91 Å². The molecule has 11 heteroatoms. The van der Waals surface area contributed by atoms with Gasteiger partial charge in [-0.2, -0.15) is 0 Å². The van der Waals surface area contributed by atoms with Crippen molar-refractivity contribution in [1.29, 1.82) is 0 Å². The first kappa shape index (κ1) is 24.9. The van der Waals surface area contributed by atoms with Crippen molar-refractivity contribution in [2.45, 2.75) is 52.7 Å². The number of fused-ring (bicyclic) bond motifs is 1. The van der Waals surface area contributed by atoms with E-state index in [4.69, 9.17) is 9.47 Å². The minimum Gasteiger partial charge on any atom is -0.444 e. The Morgan fingerprint density at radius 1 is 0.853 bits per heavy atom. The molecule has 0 fully saturated rings. The minimum atomic E-state index is -0.621.